The van der Waals surface area contributed by atoms with Crippen molar-refractivity contribution in [1.82, 2.24) is 4.98 Å². The molecule has 0 aliphatic carbocycles. The Balaban J connectivity index is 3.53. The van der Waals surface area contributed by atoms with E-state index in [0.717, 1.165) is 7.11 Å². The summed E-state index contributed by atoms with van der Waals surface area (Å²) in [6.07, 6.45) is -8.69. The fourth-order valence-corrected chi connectivity index (χ4v) is 1.21. The van der Waals surface area contributed by atoms with Gasteiger partial charge in [0.25, 0.3) is 6.43 Å². The van der Waals surface area contributed by atoms with Gasteiger partial charge in [0.1, 0.15) is 0 Å². The van der Waals surface area contributed by atoms with Gasteiger partial charge in [-0.15, -0.1) is 0 Å². The Morgan fingerprint density at radius 3 is 2.39 bits per heavy atom. The molecule has 4 nitrogen and oxygen atoms in total. The Morgan fingerprint density at radius 2 is 2.00 bits per heavy atom. The summed E-state index contributed by atoms with van der Waals surface area (Å²) >= 11 is 0. The number of esters is 1. The summed E-state index contributed by atoms with van der Waals surface area (Å²) in [6, 6.07) is 0. The second-order valence-corrected chi connectivity index (χ2v) is 3.07. The van der Waals surface area contributed by atoms with E-state index in [4.69, 9.17) is 0 Å². The number of nitrogens with zero attached hydrogens (tertiary/aromatic N) is 1. The van der Waals surface area contributed by atoms with Crippen molar-refractivity contribution in [3.63, 3.8) is 0 Å². The highest BCUT2D eigenvalue weighted by molar-refractivity contribution is 5.90. The van der Waals surface area contributed by atoms with E-state index in [1.807, 2.05) is 0 Å². The molecule has 1 N–H and O–H groups in total. The summed E-state index contributed by atoms with van der Waals surface area (Å²) in [4.78, 5) is 14.0. The monoisotopic (exact) mass is 271 g/mol. The molecule has 9 heteroatoms. The van der Waals surface area contributed by atoms with E-state index in [2.05, 4.69) is 9.72 Å². The molecule has 1 heterocycles. The van der Waals surface area contributed by atoms with Crippen LogP contribution in [0.1, 0.15) is 28.0 Å². The maximum absolute atomic E-state index is 12.5. The second kappa shape index (κ2) is 4.75. The SMILES string of the molecule is COC(=O)c1ncc(C(F)(F)F)c(C(F)F)c1O. The minimum Gasteiger partial charge on any atom is -0.505 e. The number of aromatic hydroxyl groups is 1. The molecule has 0 fully saturated rings. The Hall–Kier alpha value is -1.93. The molecular weight excluding hydrogens is 265 g/mol. The van der Waals surface area contributed by atoms with E-state index in [0.29, 0.717) is 0 Å². The van der Waals surface area contributed by atoms with E-state index in [9.17, 15) is 31.9 Å². The van der Waals surface area contributed by atoms with E-state index in [1.165, 1.54) is 0 Å². The van der Waals surface area contributed by atoms with Crippen molar-refractivity contribution in [2.24, 2.45) is 0 Å². The normalized spacial score (nSPS) is 11.7. The third-order valence-electron chi connectivity index (χ3n) is 1.99. The molecular formula is C9H6F5NO3. The highest BCUT2D eigenvalue weighted by atomic mass is 19.4. The molecule has 0 bridgehead atoms. The van der Waals surface area contributed by atoms with Crippen molar-refractivity contribution < 1.29 is 36.6 Å². The van der Waals surface area contributed by atoms with Gasteiger partial charge in [0, 0.05) is 6.20 Å². The van der Waals surface area contributed by atoms with E-state index in [-0.39, 0.29) is 6.20 Å². The number of alkyl halides is 5. The van der Waals surface area contributed by atoms with Crippen molar-refractivity contribution in [3.8, 4) is 5.75 Å². The fourth-order valence-electron chi connectivity index (χ4n) is 1.21. The van der Waals surface area contributed by atoms with Gasteiger partial charge in [0.05, 0.1) is 18.2 Å². The third kappa shape index (κ3) is 2.49. The van der Waals surface area contributed by atoms with Gasteiger partial charge in [0.2, 0.25) is 0 Å². The molecule has 1 rings (SSSR count). The van der Waals surface area contributed by atoms with Gasteiger partial charge in [0.15, 0.2) is 11.4 Å². The van der Waals surface area contributed by atoms with Crippen molar-refractivity contribution in [1.29, 1.82) is 0 Å². The first-order valence-electron chi connectivity index (χ1n) is 4.35. The van der Waals surface area contributed by atoms with E-state index in [1.54, 1.807) is 0 Å². The molecule has 0 unspecified atom stereocenters. The summed E-state index contributed by atoms with van der Waals surface area (Å²) < 4.78 is 66.4. The summed E-state index contributed by atoms with van der Waals surface area (Å²) in [7, 11) is 0.864. The first-order chi connectivity index (χ1) is 8.20. The van der Waals surface area contributed by atoms with Crippen LogP contribution >= 0.6 is 0 Å². The predicted octanol–water partition coefficient (Wildman–Crippen LogP) is 2.53. The standard InChI is InChI=1S/C9H6F5NO3/c1-18-8(17)5-6(16)4(7(10)11)3(2-15-5)9(12,13)14/h2,7,16H,1H3. The quantitative estimate of drug-likeness (QED) is 0.663. The Kier molecular flexibility index (Phi) is 3.73. The Morgan fingerprint density at radius 1 is 1.44 bits per heavy atom. The van der Waals surface area contributed by atoms with Crippen molar-refractivity contribution in [3.05, 3.63) is 23.0 Å². The predicted molar refractivity (Wildman–Crippen MR) is 47.2 cm³/mol. The van der Waals surface area contributed by atoms with Gasteiger partial charge >= 0.3 is 12.1 Å². The first-order valence-corrected chi connectivity index (χ1v) is 4.35. The summed E-state index contributed by atoms with van der Waals surface area (Å²) in [5.41, 5.74) is -4.50. The van der Waals surface area contributed by atoms with Gasteiger partial charge in [-0.1, -0.05) is 0 Å². The van der Waals surface area contributed by atoms with Crippen LogP contribution in [0, 0.1) is 0 Å². The largest absolute Gasteiger partial charge is 0.505 e. The zero-order valence-electron chi connectivity index (χ0n) is 8.76. The lowest BCUT2D eigenvalue weighted by Crippen LogP contribution is -2.14. The Labute approximate surface area is 97.0 Å². The second-order valence-electron chi connectivity index (χ2n) is 3.07. The van der Waals surface area contributed by atoms with Crippen LogP contribution in [0.3, 0.4) is 0 Å². The van der Waals surface area contributed by atoms with Gasteiger partial charge in [-0.25, -0.2) is 18.6 Å². The molecule has 0 aliphatic heterocycles. The van der Waals surface area contributed by atoms with Gasteiger partial charge in [-0.05, 0) is 0 Å². The number of aromatic nitrogens is 1. The van der Waals surface area contributed by atoms with Crippen LogP contribution in [0.4, 0.5) is 22.0 Å². The van der Waals surface area contributed by atoms with Crippen LogP contribution in [-0.2, 0) is 10.9 Å². The number of carbonyl (C=O) groups excluding carboxylic acids is 1. The molecule has 0 aromatic carbocycles. The Bertz CT molecular complexity index is 472. The zero-order chi connectivity index (χ0) is 14.1. The zero-order valence-corrected chi connectivity index (χ0v) is 8.76. The molecule has 1 aromatic rings. The molecule has 18 heavy (non-hydrogen) atoms. The average Bonchev–Trinajstić information content (AvgIpc) is 2.25. The van der Waals surface area contributed by atoms with Crippen LogP contribution in [0.25, 0.3) is 0 Å². The van der Waals surface area contributed by atoms with Crippen LogP contribution in [0.15, 0.2) is 6.20 Å². The molecule has 0 saturated heterocycles. The number of hydrogen-bond acceptors (Lipinski definition) is 4. The highest BCUT2D eigenvalue weighted by Gasteiger charge is 2.39. The average molecular weight is 271 g/mol. The molecule has 1 aromatic heterocycles. The number of halogens is 5. The summed E-state index contributed by atoms with van der Waals surface area (Å²) in [6.45, 7) is 0. The van der Waals surface area contributed by atoms with E-state index >= 15 is 0 Å². The lowest BCUT2D eigenvalue weighted by atomic mass is 10.1. The van der Waals surface area contributed by atoms with Crippen molar-refractivity contribution >= 4 is 5.97 Å². The minimum atomic E-state index is -5.12. The smallest absolute Gasteiger partial charge is 0.418 e. The summed E-state index contributed by atoms with van der Waals surface area (Å²) in [5, 5.41) is 9.26. The summed E-state index contributed by atoms with van der Waals surface area (Å²) in [5.74, 6) is -2.85. The van der Waals surface area contributed by atoms with Crippen molar-refractivity contribution in [2.45, 2.75) is 12.6 Å². The third-order valence-corrected chi connectivity index (χ3v) is 1.99. The van der Waals surface area contributed by atoms with Crippen molar-refractivity contribution in [2.75, 3.05) is 7.11 Å². The molecule has 0 atom stereocenters. The van der Waals surface area contributed by atoms with Gasteiger partial charge in [-0.2, -0.15) is 13.2 Å². The highest BCUT2D eigenvalue weighted by Crippen LogP contribution is 2.41. The lowest BCUT2D eigenvalue weighted by molar-refractivity contribution is -0.140. The maximum atomic E-state index is 12.5. The molecule has 0 radical (unpaired) electrons. The topological polar surface area (TPSA) is 59.4 Å². The number of pyridine rings is 1. The number of hydrogen-bond donors (Lipinski definition) is 1. The molecule has 0 amide bonds. The molecule has 100 valence electrons. The number of ether oxygens (including phenoxy) is 1. The number of carbonyl (C=O) groups is 1. The maximum Gasteiger partial charge on any atom is 0.418 e. The number of rotatable bonds is 2. The lowest BCUT2D eigenvalue weighted by Gasteiger charge is -2.14. The molecule has 0 aliphatic rings. The minimum absolute atomic E-state index is 0.0491. The fraction of sp³-hybridized carbons (Fsp3) is 0.333. The number of methoxy groups -OCH3 is 1. The van der Waals surface area contributed by atoms with Crippen LogP contribution in [-0.4, -0.2) is 23.2 Å². The van der Waals surface area contributed by atoms with Crippen LogP contribution < -0.4 is 0 Å². The van der Waals surface area contributed by atoms with Gasteiger partial charge in [-0.3, -0.25) is 0 Å². The first kappa shape index (κ1) is 14.1. The van der Waals surface area contributed by atoms with E-state index < -0.39 is 41.1 Å². The molecule has 0 spiro atoms. The van der Waals surface area contributed by atoms with Gasteiger partial charge < -0.3 is 9.84 Å². The molecule has 0 saturated carbocycles. The van der Waals surface area contributed by atoms with Crippen LogP contribution in [0.5, 0.6) is 5.75 Å². The van der Waals surface area contributed by atoms with Crippen LogP contribution in [0.2, 0.25) is 0 Å².